The van der Waals surface area contributed by atoms with E-state index in [0.29, 0.717) is 19.1 Å². The van der Waals surface area contributed by atoms with Gasteiger partial charge in [-0.25, -0.2) is 8.42 Å². The van der Waals surface area contributed by atoms with Crippen molar-refractivity contribution in [1.29, 1.82) is 0 Å². The second kappa shape index (κ2) is 7.22. The standard InChI is InChI=1S/C11H21N5O3S/c1-5-12-9-14-10(16-11(15-9)19-6-2)13-8(3)7-20(4,17)18/h8H,5-7H2,1-4H3,(H2,12,13,14,15,16). The van der Waals surface area contributed by atoms with Crippen molar-refractivity contribution in [1.82, 2.24) is 15.0 Å². The first-order chi connectivity index (χ1) is 9.34. The molecular weight excluding hydrogens is 282 g/mol. The lowest BCUT2D eigenvalue weighted by Crippen LogP contribution is -2.26. The molecule has 114 valence electrons. The molecule has 0 fully saturated rings. The topological polar surface area (TPSA) is 106 Å². The Morgan fingerprint density at radius 2 is 1.85 bits per heavy atom. The maximum Gasteiger partial charge on any atom is 0.323 e. The summed E-state index contributed by atoms with van der Waals surface area (Å²) >= 11 is 0. The maximum atomic E-state index is 11.2. The van der Waals surface area contributed by atoms with E-state index < -0.39 is 9.84 Å². The SMILES string of the molecule is CCNc1nc(NC(C)CS(C)(=O)=O)nc(OCC)n1. The van der Waals surface area contributed by atoms with Gasteiger partial charge in [-0.1, -0.05) is 0 Å². The number of nitrogens with one attached hydrogen (secondary N) is 2. The number of ether oxygens (including phenoxy) is 1. The molecule has 8 nitrogen and oxygen atoms in total. The lowest BCUT2D eigenvalue weighted by atomic mass is 10.4. The normalized spacial score (nSPS) is 12.8. The summed E-state index contributed by atoms with van der Waals surface area (Å²) in [7, 11) is -3.06. The Morgan fingerprint density at radius 3 is 2.40 bits per heavy atom. The van der Waals surface area contributed by atoms with E-state index in [4.69, 9.17) is 4.74 Å². The van der Waals surface area contributed by atoms with Crippen LogP contribution in [0.15, 0.2) is 0 Å². The fourth-order valence-electron chi connectivity index (χ4n) is 1.57. The summed E-state index contributed by atoms with van der Waals surface area (Å²) in [6.07, 6.45) is 1.19. The summed E-state index contributed by atoms with van der Waals surface area (Å²) in [5.74, 6) is 0.676. The van der Waals surface area contributed by atoms with E-state index >= 15 is 0 Å². The van der Waals surface area contributed by atoms with Crippen LogP contribution in [0.3, 0.4) is 0 Å². The highest BCUT2D eigenvalue weighted by atomic mass is 32.2. The van der Waals surface area contributed by atoms with Crippen LogP contribution < -0.4 is 15.4 Å². The molecular formula is C11H21N5O3S. The van der Waals surface area contributed by atoms with Crippen LogP contribution in [0, 0.1) is 0 Å². The van der Waals surface area contributed by atoms with Crippen molar-refractivity contribution < 1.29 is 13.2 Å². The average Bonchev–Trinajstić information content (AvgIpc) is 2.26. The molecule has 1 unspecified atom stereocenters. The summed E-state index contributed by atoms with van der Waals surface area (Å²) in [5.41, 5.74) is 0. The van der Waals surface area contributed by atoms with Crippen molar-refractivity contribution in [2.75, 3.05) is 35.8 Å². The van der Waals surface area contributed by atoms with Gasteiger partial charge in [0.25, 0.3) is 0 Å². The zero-order valence-electron chi connectivity index (χ0n) is 12.2. The van der Waals surface area contributed by atoms with Crippen LogP contribution in [0.5, 0.6) is 6.01 Å². The molecule has 2 N–H and O–H groups in total. The Labute approximate surface area is 119 Å². The van der Waals surface area contributed by atoms with Crippen molar-refractivity contribution >= 4 is 21.7 Å². The lowest BCUT2D eigenvalue weighted by Gasteiger charge is -2.14. The van der Waals surface area contributed by atoms with Crippen molar-refractivity contribution in [3.05, 3.63) is 0 Å². The minimum absolute atomic E-state index is 0.000803. The zero-order chi connectivity index (χ0) is 15.2. The van der Waals surface area contributed by atoms with Gasteiger partial charge in [-0.15, -0.1) is 0 Å². The molecule has 0 amide bonds. The highest BCUT2D eigenvalue weighted by Gasteiger charge is 2.13. The van der Waals surface area contributed by atoms with Crippen molar-refractivity contribution in [2.24, 2.45) is 0 Å². The molecule has 20 heavy (non-hydrogen) atoms. The minimum Gasteiger partial charge on any atom is -0.464 e. The van der Waals surface area contributed by atoms with Gasteiger partial charge in [-0.2, -0.15) is 15.0 Å². The molecule has 9 heteroatoms. The molecule has 0 saturated heterocycles. The first-order valence-corrected chi connectivity index (χ1v) is 8.47. The summed E-state index contributed by atoms with van der Waals surface area (Å²) in [4.78, 5) is 12.3. The van der Waals surface area contributed by atoms with Crippen LogP contribution in [0.25, 0.3) is 0 Å². The van der Waals surface area contributed by atoms with Gasteiger partial charge in [0.05, 0.1) is 12.4 Å². The fraction of sp³-hybridized carbons (Fsp3) is 0.727. The van der Waals surface area contributed by atoms with E-state index in [9.17, 15) is 8.42 Å². The first-order valence-electron chi connectivity index (χ1n) is 6.41. The number of anilines is 2. The summed E-state index contributed by atoms with van der Waals surface area (Å²) in [6, 6.07) is -0.108. The number of sulfone groups is 1. The third-order valence-corrected chi connectivity index (χ3v) is 3.26. The van der Waals surface area contributed by atoms with Gasteiger partial charge in [0, 0.05) is 18.8 Å². The maximum absolute atomic E-state index is 11.2. The van der Waals surface area contributed by atoms with Crippen molar-refractivity contribution in [3.8, 4) is 6.01 Å². The zero-order valence-corrected chi connectivity index (χ0v) is 13.0. The van der Waals surface area contributed by atoms with Crippen LogP contribution in [0.1, 0.15) is 20.8 Å². The average molecular weight is 303 g/mol. The minimum atomic E-state index is -3.06. The summed E-state index contributed by atoms with van der Waals surface area (Å²) in [6.45, 7) is 6.60. The lowest BCUT2D eigenvalue weighted by molar-refractivity contribution is 0.312. The first kappa shape index (κ1) is 16.4. The van der Waals surface area contributed by atoms with E-state index in [0.717, 1.165) is 0 Å². The van der Waals surface area contributed by atoms with Crippen LogP contribution in [0.4, 0.5) is 11.9 Å². The number of aromatic nitrogens is 3. The number of hydrogen-bond donors (Lipinski definition) is 2. The molecule has 0 aliphatic heterocycles. The van der Waals surface area contributed by atoms with Crippen LogP contribution in [0.2, 0.25) is 0 Å². The highest BCUT2D eigenvalue weighted by molar-refractivity contribution is 7.90. The highest BCUT2D eigenvalue weighted by Crippen LogP contribution is 2.12. The summed E-state index contributed by atoms with van der Waals surface area (Å²) < 4.78 is 27.7. The molecule has 1 atom stereocenters. The largest absolute Gasteiger partial charge is 0.464 e. The molecule has 0 aliphatic carbocycles. The van der Waals surface area contributed by atoms with Crippen molar-refractivity contribution in [2.45, 2.75) is 26.8 Å². The summed E-state index contributed by atoms with van der Waals surface area (Å²) in [5, 5.41) is 5.90. The molecule has 0 spiro atoms. The second-order valence-electron chi connectivity index (χ2n) is 4.37. The molecule has 0 saturated carbocycles. The van der Waals surface area contributed by atoms with E-state index in [-0.39, 0.29) is 23.8 Å². The Bertz CT molecular complexity index is 511. The van der Waals surface area contributed by atoms with Gasteiger partial charge >= 0.3 is 6.01 Å². The fourth-order valence-corrected chi connectivity index (χ4v) is 2.56. The molecule has 0 bridgehead atoms. The molecule has 0 aliphatic rings. The smallest absolute Gasteiger partial charge is 0.323 e. The molecule has 0 aromatic carbocycles. The number of hydrogen-bond acceptors (Lipinski definition) is 8. The van der Waals surface area contributed by atoms with Gasteiger partial charge in [-0.3, -0.25) is 0 Å². The van der Waals surface area contributed by atoms with Crippen LogP contribution in [-0.2, 0) is 9.84 Å². The Morgan fingerprint density at radius 1 is 1.20 bits per heavy atom. The number of rotatable bonds is 8. The quantitative estimate of drug-likeness (QED) is 0.717. The van der Waals surface area contributed by atoms with E-state index in [1.807, 2.05) is 13.8 Å². The predicted molar refractivity (Wildman–Crippen MR) is 78.0 cm³/mol. The second-order valence-corrected chi connectivity index (χ2v) is 6.55. The van der Waals surface area contributed by atoms with Gasteiger partial charge in [0.15, 0.2) is 0 Å². The molecule has 1 aromatic rings. The Balaban J connectivity index is 2.86. The van der Waals surface area contributed by atoms with E-state index in [2.05, 4.69) is 25.6 Å². The van der Waals surface area contributed by atoms with Gasteiger partial charge in [0.1, 0.15) is 9.84 Å². The predicted octanol–water partition coefficient (Wildman–Crippen LogP) is 0.547. The molecule has 0 radical (unpaired) electrons. The monoisotopic (exact) mass is 303 g/mol. The Kier molecular flexibility index (Phi) is 5.93. The molecule has 1 aromatic heterocycles. The van der Waals surface area contributed by atoms with Crippen LogP contribution >= 0.6 is 0 Å². The Hall–Kier alpha value is -1.64. The van der Waals surface area contributed by atoms with Crippen LogP contribution in [-0.4, -0.2) is 54.6 Å². The third-order valence-electron chi connectivity index (χ3n) is 2.15. The molecule has 1 heterocycles. The number of nitrogens with zero attached hydrogens (tertiary/aromatic N) is 3. The molecule has 1 rings (SSSR count). The van der Waals surface area contributed by atoms with Gasteiger partial charge < -0.3 is 15.4 Å². The van der Waals surface area contributed by atoms with E-state index in [1.165, 1.54) is 6.26 Å². The van der Waals surface area contributed by atoms with Gasteiger partial charge in [0.2, 0.25) is 11.9 Å². The third kappa shape index (κ3) is 6.00. The van der Waals surface area contributed by atoms with Gasteiger partial charge in [-0.05, 0) is 20.8 Å². The van der Waals surface area contributed by atoms with E-state index in [1.54, 1.807) is 6.92 Å². The van der Waals surface area contributed by atoms with Crippen molar-refractivity contribution in [3.63, 3.8) is 0 Å².